The number of ether oxygens (including phenoxy) is 1. The van der Waals surface area contributed by atoms with E-state index < -0.39 is 18.0 Å². The Bertz CT molecular complexity index is 642. The molecule has 1 N–H and O–H groups in total. The number of halogens is 3. The first-order valence-corrected chi connectivity index (χ1v) is 7.31. The number of benzene rings is 2. The first-order valence-electron chi connectivity index (χ1n) is 6.14. The lowest BCUT2D eigenvalue weighted by atomic mass is 9.95. The van der Waals surface area contributed by atoms with Crippen molar-refractivity contribution in [3.63, 3.8) is 0 Å². The van der Waals surface area contributed by atoms with Gasteiger partial charge in [0.15, 0.2) is 0 Å². The average molecular weight is 358 g/mol. The van der Waals surface area contributed by atoms with E-state index in [0.717, 1.165) is 4.47 Å². The molecule has 0 saturated carbocycles. The van der Waals surface area contributed by atoms with Crippen LogP contribution in [0.1, 0.15) is 29.8 Å². The van der Waals surface area contributed by atoms with Crippen LogP contribution in [0.2, 0.25) is 5.02 Å². The van der Waals surface area contributed by atoms with Gasteiger partial charge in [-0.1, -0.05) is 39.7 Å². The maximum Gasteiger partial charge on any atom is 0.131 e. The van der Waals surface area contributed by atoms with E-state index in [1.54, 1.807) is 24.3 Å². The fourth-order valence-corrected chi connectivity index (χ4v) is 3.04. The number of aliphatic hydroxyl groups excluding tert-OH is 1. The van der Waals surface area contributed by atoms with Crippen molar-refractivity contribution in [1.29, 1.82) is 0 Å². The maximum absolute atomic E-state index is 14.0. The number of aliphatic hydroxyl groups is 1. The molecule has 5 heteroatoms. The van der Waals surface area contributed by atoms with Gasteiger partial charge in [-0.15, -0.1) is 0 Å². The summed E-state index contributed by atoms with van der Waals surface area (Å²) in [7, 11) is 0. The van der Waals surface area contributed by atoms with Gasteiger partial charge in [0, 0.05) is 22.0 Å². The van der Waals surface area contributed by atoms with Crippen molar-refractivity contribution in [3.8, 4) is 5.75 Å². The molecule has 2 nitrogen and oxygen atoms in total. The van der Waals surface area contributed by atoms with Gasteiger partial charge >= 0.3 is 0 Å². The Balaban J connectivity index is 2.03. The third-order valence-electron chi connectivity index (χ3n) is 3.36. The van der Waals surface area contributed by atoms with Crippen molar-refractivity contribution >= 4 is 27.5 Å². The highest BCUT2D eigenvalue weighted by atomic mass is 79.9. The zero-order valence-corrected chi connectivity index (χ0v) is 12.7. The molecule has 0 fully saturated rings. The Morgan fingerprint density at radius 1 is 1.30 bits per heavy atom. The first-order chi connectivity index (χ1) is 9.56. The van der Waals surface area contributed by atoms with E-state index in [9.17, 15) is 9.50 Å². The molecule has 0 bridgehead atoms. The van der Waals surface area contributed by atoms with Gasteiger partial charge in [0.1, 0.15) is 17.7 Å². The molecule has 1 aliphatic heterocycles. The molecule has 2 atom stereocenters. The van der Waals surface area contributed by atoms with Crippen molar-refractivity contribution < 1.29 is 14.2 Å². The van der Waals surface area contributed by atoms with E-state index in [1.807, 2.05) is 6.07 Å². The Labute approximate surface area is 129 Å². The maximum atomic E-state index is 14.0. The average Bonchev–Trinajstić information content (AvgIpc) is 2.38. The molecule has 3 rings (SSSR count). The summed E-state index contributed by atoms with van der Waals surface area (Å²) >= 11 is 9.41. The summed E-state index contributed by atoms with van der Waals surface area (Å²) in [4.78, 5) is 0. The molecule has 0 amide bonds. The fraction of sp³-hybridized carbons (Fsp3) is 0.200. The lowest BCUT2D eigenvalue weighted by Crippen LogP contribution is -2.20. The summed E-state index contributed by atoms with van der Waals surface area (Å²) in [6.45, 7) is 0. The van der Waals surface area contributed by atoms with Crippen molar-refractivity contribution in [2.45, 2.75) is 18.6 Å². The van der Waals surface area contributed by atoms with Crippen molar-refractivity contribution in [2.75, 3.05) is 0 Å². The molecule has 20 heavy (non-hydrogen) atoms. The second-order valence-electron chi connectivity index (χ2n) is 4.68. The van der Waals surface area contributed by atoms with E-state index in [4.69, 9.17) is 16.3 Å². The summed E-state index contributed by atoms with van der Waals surface area (Å²) in [6.07, 6.45) is -1.03. The zero-order chi connectivity index (χ0) is 14.3. The summed E-state index contributed by atoms with van der Waals surface area (Å²) in [5.74, 6) is 0.121. The SMILES string of the molecule is OC1CC(c2c(F)cccc2Cl)Oc2cc(Br)ccc21. The molecule has 2 unspecified atom stereocenters. The van der Waals surface area contributed by atoms with Gasteiger partial charge in [-0.2, -0.15) is 0 Å². The zero-order valence-electron chi connectivity index (χ0n) is 10.3. The topological polar surface area (TPSA) is 29.5 Å². The van der Waals surface area contributed by atoms with Gasteiger partial charge in [0.05, 0.1) is 11.1 Å². The highest BCUT2D eigenvalue weighted by Gasteiger charge is 2.31. The summed E-state index contributed by atoms with van der Waals surface area (Å²) in [5.41, 5.74) is 0.996. The number of fused-ring (bicyclic) bond motifs is 1. The number of hydrogen-bond acceptors (Lipinski definition) is 2. The molecule has 0 spiro atoms. The molecule has 0 radical (unpaired) electrons. The van der Waals surface area contributed by atoms with Gasteiger partial charge in [-0.3, -0.25) is 0 Å². The smallest absolute Gasteiger partial charge is 0.131 e. The molecule has 104 valence electrons. The molecule has 0 saturated heterocycles. The molecular formula is C15H11BrClFO2. The van der Waals surface area contributed by atoms with Crippen LogP contribution in [0, 0.1) is 5.82 Å². The van der Waals surface area contributed by atoms with Gasteiger partial charge in [0.2, 0.25) is 0 Å². The van der Waals surface area contributed by atoms with E-state index in [2.05, 4.69) is 15.9 Å². The van der Waals surface area contributed by atoms with Crippen LogP contribution in [0.25, 0.3) is 0 Å². The molecule has 1 aliphatic rings. The first kappa shape index (κ1) is 13.9. The van der Waals surface area contributed by atoms with E-state index in [-0.39, 0.29) is 6.42 Å². The lowest BCUT2D eigenvalue weighted by molar-refractivity contribution is 0.0640. The van der Waals surface area contributed by atoms with E-state index >= 15 is 0 Å². The molecular weight excluding hydrogens is 347 g/mol. The summed E-state index contributed by atoms with van der Waals surface area (Å²) in [6, 6.07) is 9.90. The predicted octanol–water partition coefficient (Wildman–Crippen LogP) is 4.80. The number of rotatable bonds is 1. The Morgan fingerprint density at radius 3 is 2.85 bits per heavy atom. The van der Waals surface area contributed by atoms with Crippen LogP contribution in [-0.4, -0.2) is 5.11 Å². The van der Waals surface area contributed by atoms with Crippen LogP contribution >= 0.6 is 27.5 Å². The van der Waals surface area contributed by atoms with Crippen LogP contribution < -0.4 is 4.74 Å². The van der Waals surface area contributed by atoms with Gasteiger partial charge < -0.3 is 9.84 Å². The molecule has 1 heterocycles. The van der Waals surface area contributed by atoms with Crippen LogP contribution in [0.4, 0.5) is 4.39 Å². The minimum atomic E-state index is -0.701. The molecule has 0 aliphatic carbocycles. The Kier molecular flexibility index (Phi) is 3.71. The second kappa shape index (κ2) is 5.35. The van der Waals surface area contributed by atoms with Crippen molar-refractivity contribution in [3.05, 3.63) is 62.8 Å². The lowest BCUT2D eigenvalue weighted by Gasteiger charge is -2.30. The normalized spacial score (nSPS) is 21.2. The van der Waals surface area contributed by atoms with E-state index in [0.29, 0.717) is 21.9 Å². The second-order valence-corrected chi connectivity index (χ2v) is 6.00. The summed E-state index contributed by atoms with van der Waals surface area (Å²) < 4.78 is 20.6. The molecule has 2 aromatic carbocycles. The third kappa shape index (κ3) is 2.43. The Morgan fingerprint density at radius 2 is 2.10 bits per heavy atom. The standard InChI is InChI=1S/C15H11BrClFO2/c16-8-4-5-9-12(19)7-14(20-13(9)6-8)15-10(17)2-1-3-11(15)18/h1-6,12,14,19H,7H2. The summed E-state index contributed by atoms with van der Waals surface area (Å²) in [5, 5.41) is 10.5. The van der Waals surface area contributed by atoms with E-state index in [1.165, 1.54) is 6.07 Å². The predicted molar refractivity (Wildman–Crippen MR) is 78.5 cm³/mol. The quantitative estimate of drug-likeness (QED) is 0.794. The van der Waals surface area contributed by atoms with Crippen LogP contribution in [0.15, 0.2) is 40.9 Å². The largest absolute Gasteiger partial charge is 0.485 e. The van der Waals surface area contributed by atoms with Crippen molar-refractivity contribution in [2.24, 2.45) is 0 Å². The van der Waals surface area contributed by atoms with Gasteiger partial charge in [0.25, 0.3) is 0 Å². The van der Waals surface area contributed by atoms with Gasteiger partial charge in [-0.25, -0.2) is 4.39 Å². The fourth-order valence-electron chi connectivity index (χ4n) is 2.41. The molecule has 0 aromatic heterocycles. The van der Waals surface area contributed by atoms with Crippen molar-refractivity contribution in [1.82, 2.24) is 0 Å². The monoisotopic (exact) mass is 356 g/mol. The third-order valence-corrected chi connectivity index (χ3v) is 4.19. The van der Waals surface area contributed by atoms with Crippen LogP contribution in [0.5, 0.6) is 5.75 Å². The van der Waals surface area contributed by atoms with Crippen LogP contribution in [-0.2, 0) is 0 Å². The molecule has 2 aromatic rings. The highest BCUT2D eigenvalue weighted by molar-refractivity contribution is 9.10. The highest BCUT2D eigenvalue weighted by Crippen LogP contribution is 2.43. The minimum Gasteiger partial charge on any atom is -0.485 e. The van der Waals surface area contributed by atoms with Gasteiger partial charge in [-0.05, 0) is 24.3 Å². The minimum absolute atomic E-state index is 0.273. The Hall–Kier alpha value is -1.10. The number of hydrogen-bond donors (Lipinski definition) is 1. The van der Waals surface area contributed by atoms with Crippen LogP contribution in [0.3, 0.4) is 0 Å².